The number of hydrogen-bond acceptors (Lipinski definition) is 3. The van der Waals surface area contributed by atoms with E-state index >= 15 is 0 Å². The molecule has 0 aliphatic rings. The van der Waals surface area contributed by atoms with Crippen molar-refractivity contribution in [2.45, 2.75) is 34.1 Å². The second-order valence-electron chi connectivity index (χ2n) is 7.66. The zero-order valence-electron chi connectivity index (χ0n) is 18.3. The Morgan fingerprint density at radius 3 is 2.32 bits per heavy atom. The van der Waals surface area contributed by atoms with Gasteiger partial charge in [0.1, 0.15) is 0 Å². The highest BCUT2D eigenvalue weighted by Crippen LogP contribution is 2.39. The van der Waals surface area contributed by atoms with Crippen LogP contribution in [-0.4, -0.2) is 11.1 Å². The van der Waals surface area contributed by atoms with Crippen molar-refractivity contribution >= 4 is 23.0 Å². The number of benzene rings is 3. The molecule has 3 aromatic rings. The lowest BCUT2D eigenvalue weighted by atomic mass is 9.99. The Hall–Kier alpha value is -3.84. The second-order valence-corrected chi connectivity index (χ2v) is 7.66. The van der Waals surface area contributed by atoms with Gasteiger partial charge >= 0.3 is 5.97 Å². The number of nitrogens with zero attached hydrogens (tertiary/aromatic N) is 2. The van der Waals surface area contributed by atoms with Crippen LogP contribution in [0.4, 0.5) is 11.4 Å². The van der Waals surface area contributed by atoms with E-state index in [-0.39, 0.29) is 5.56 Å². The third kappa shape index (κ3) is 4.67. The summed E-state index contributed by atoms with van der Waals surface area (Å²) in [6.07, 6.45) is 0.841. The fourth-order valence-corrected chi connectivity index (χ4v) is 3.67. The van der Waals surface area contributed by atoms with Gasteiger partial charge in [0.25, 0.3) is 0 Å². The molecule has 1 N–H and O–H groups in total. The maximum absolute atomic E-state index is 11.7. The Kier molecular flexibility index (Phi) is 6.57. The molecule has 156 valence electrons. The van der Waals surface area contributed by atoms with E-state index in [1.807, 2.05) is 31.2 Å². The van der Waals surface area contributed by atoms with Gasteiger partial charge in [-0.3, -0.25) is 0 Å². The predicted molar refractivity (Wildman–Crippen MR) is 125 cm³/mol. The van der Waals surface area contributed by atoms with Crippen LogP contribution in [0.5, 0.6) is 0 Å². The molecule has 0 saturated heterocycles. The molecule has 3 rings (SSSR count). The summed E-state index contributed by atoms with van der Waals surface area (Å²) in [4.78, 5) is 13.8. The van der Waals surface area contributed by atoms with Crippen LogP contribution < -0.4 is 4.90 Å². The molecule has 31 heavy (non-hydrogen) atoms. The summed E-state index contributed by atoms with van der Waals surface area (Å²) in [6.45, 7) is 8.25. The van der Waals surface area contributed by atoms with Crippen molar-refractivity contribution in [1.82, 2.24) is 0 Å². The van der Waals surface area contributed by atoms with E-state index in [9.17, 15) is 15.2 Å². The average Bonchev–Trinajstić information content (AvgIpc) is 2.77. The minimum Gasteiger partial charge on any atom is -0.478 e. The van der Waals surface area contributed by atoms with Crippen LogP contribution in [0.25, 0.3) is 5.70 Å². The quantitative estimate of drug-likeness (QED) is 0.482. The van der Waals surface area contributed by atoms with Gasteiger partial charge < -0.3 is 10.0 Å². The molecule has 0 radical (unpaired) electrons. The minimum absolute atomic E-state index is 0.228. The van der Waals surface area contributed by atoms with Crippen molar-refractivity contribution in [2.75, 3.05) is 4.90 Å². The summed E-state index contributed by atoms with van der Waals surface area (Å²) in [5.41, 5.74) is 7.83. The molecule has 0 bridgehead atoms. The van der Waals surface area contributed by atoms with E-state index in [0.29, 0.717) is 5.56 Å². The van der Waals surface area contributed by atoms with E-state index in [1.54, 1.807) is 24.3 Å². The normalized spacial score (nSPS) is 11.5. The lowest BCUT2D eigenvalue weighted by Gasteiger charge is -2.31. The molecule has 0 heterocycles. The van der Waals surface area contributed by atoms with Crippen molar-refractivity contribution in [1.29, 1.82) is 5.26 Å². The topological polar surface area (TPSA) is 64.3 Å². The zero-order valence-corrected chi connectivity index (χ0v) is 18.3. The van der Waals surface area contributed by atoms with Gasteiger partial charge in [-0.1, -0.05) is 36.8 Å². The SMILES string of the molecule is CC/C(C)=C(\c1cccc(C)c1)N(c1cccc(C(=O)O)c1)c1ccc(C#N)cc1C. The second kappa shape index (κ2) is 9.32. The molecule has 0 unspecified atom stereocenters. The van der Waals surface area contributed by atoms with Crippen LogP contribution in [0.15, 0.2) is 72.3 Å². The number of rotatable bonds is 6. The Morgan fingerprint density at radius 2 is 1.71 bits per heavy atom. The van der Waals surface area contributed by atoms with Gasteiger partial charge in [-0.25, -0.2) is 4.79 Å². The van der Waals surface area contributed by atoms with E-state index in [2.05, 4.69) is 49.9 Å². The molecular formula is C27H26N2O2. The lowest BCUT2D eigenvalue weighted by Crippen LogP contribution is -2.19. The van der Waals surface area contributed by atoms with Gasteiger partial charge in [0.05, 0.1) is 22.9 Å². The van der Waals surface area contributed by atoms with Crippen LogP contribution >= 0.6 is 0 Å². The lowest BCUT2D eigenvalue weighted by molar-refractivity contribution is 0.0697. The molecule has 0 atom stereocenters. The van der Waals surface area contributed by atoms with E-state index in [0.717, 1.165) is 40.2 Å². The Balaban J connectivity index is 2.35. The fourth-order valence-electron chi connectivity index (χ4n) is 3.67. The van der Waals surface area contributed by atoms with Crippen LogP contribution in [-0.2, 0) is 0 Å². The van der Waals surface area contributed by atoms with Crippen molar-refractivity contribution in [3.8, 4) is 6.07 Å². The number of hydrogen-bond donors (Lipinski definition) is 1. The summed E-state index contributed by atoms with van der Waals surface area (Å²) >= 11 is 0. The number of aryl methyl sites for hydroxylation is 2. The van der Waals surface area contributed by atoms with Crippen LogP contribution in [0.3, 0.4) is 0 Å². The maximum atomic E-state index is 11.7. The molecule has 0 aliphatic carbocycles. The smallest absolute Gasteiger partial charge is 0.335 e. The molecule has 3 aromatic carbocycles. The summed E-state index contributed by atoms with van der Waals surface area (Å²) in [5.74, 6) is -0.966. The molecule has 0 fully saturated rings. The highest BCUT2D eigenvalue weighted by Gasteiger charge is 2.21. The van der Waals surface area contributed by atoms with Gasteiger partial charge in [0.15, 0.2) is 0 Å². The molecular weight excluding hydrogens is 384 g/mol. The highest BCUT2D eigenvalue weighted by atomic mass is 16.4. The first-order valence-corrected chi connectivity index (χ1v) is 10.3. The Labute approximate surface area is 183 Å². The monoisotopic (exact) mass is 410 g/mol. The standard InChI is InChI=1S/C27H26N2O2/c1-5-19(3)26(22-9-6-8-18(2)14-22)29(24-11-7-10-23(16-24)27(30)31)25-13-12-21(17-28)15-20(25)4/h6-16H,5H2,1-4H3,(H,30,31)/b26-19+. The molecule has 0 aromatic heterocycles. The highest BCUT2D eigenvalue weighted by molar-refractivity contribution is 5.94. The van der Waals surface area contributed by atoms with Gasteiger partial charge in [0.2, 0.25) is 0 Å². The summed E-state index contributed by atoms with van der Waals surface area (Å²) in [7, 11) is 0. The molecule has 0 aliphatic heterocycles. The first-order chi connectivity index (χ1) is 14.8. The van der Waals surface area contributed by atoms with Crippen LogP contribution in [0.1, 0.15) is 52.9 Å². The number of aromatic carboxylic acids is 1. The van der Waals surface area contributed by atoms with Crippen molar-refractivity contribution in [2.24, 2.45) is 0 Å². The molecule has 4 nitrogen and oxygen atoms in total. The number of carbonyl (C=O) groups is 1. The molecule has 4 heteroatoms. The Morgan fingerprint density at radius 1 is 1.00 bits per heavy atom. The van der Waals surface area contributed by atoms with Crippen molar-refractivity contribution in [3.63, 3.8) is 0 Å². The summed E-state index contributed by atoms with van der Waals surface area (Å²) in [5, 5.41) is 18.9. The first kappa shape index (κ1) is 21.9. The van der Waals surface area contributed by atoms with E-state index < -0.39 is 5.97 Å². The van der Waals surface area contributed by atoms with Crippen molar-refractivity contribution in [3.05, 3.63) is 100 Å². The third-order valence-corrected chi connectivity index (χ3v) is 5.37. The van der Waals surface area contributed by atoms with Crippen molar-refractivity contribution < 1.29 is 9.90 Å². The molecule has 0 amide bonds. The molecule has 0 spiro atoms. The third-order valence-electron chi connectivity index (χ3n) is 5.37. The summed E-state index contributed by atoms with van der Waals surface area (Å²) < 4.78 is 0. The van der Waals surface area contributed by atoms with Gasteiger partial charge in [-0.05, 0) is 86.4 Å². The number of anilines is 2. The summed E-state index contributed by atoms with van der Waals surface area (Å²) in [6, 6.07) is 23.1. The fraction of sp³-hybridized carbons (Fsp3) is 0.185. The number of nitriles is 1. The van der Waals surface area contributed by atoms with Crippen LogP contribution in [0.2, 0.25) is 0 Å². The number of carboxylic acid groups (broad SMARTS) is 1. The van der Waals surface area contributed by atoms with Gasteiger partial charge in [-0.2, -0.15) is 5.26 Å². The van der Waals surface area contributed by atoms with E-state index in [1.165, 1.54) is 5.57 Å². The Bertz CT molecular complexity index is 1200. The average molecular weight is 411 g/mol. The van der Waals surface area contributed by atoms with Gasteiger partial charge in [0, 0.05) is 11.4 Å². The maximum Gasteiger partial charge on any atom is 0.335 e. The van der Waals surface area contributed by atoms with Crippen LogP contribution in [0, 0.1) is 25.2 Å². The first-order valence-electron chi connectivity index (χ1n) is 10.3. The number of carboxylic acids is 1. The largest absolute Gasteiger partial charge is 0.478 e. The minimum atomic E-state index is -0.966. The van der Waals surface area contributed by atoms with E-state index in [4.69, 9.17) is 0 Å². The molecule has 0 saturated carbocycles. The zero-order chi connectivity index (χ0) is 22.5. The van der Waals surface area contributed by atoms with Gasteiger partial charge in [-0.15, -0.1) is 0 Å². The number of allylic oxidation sites excluding steroid dienone is 1. The predicted octanol–water partition coefficient (Wildman–Crippen LogP) is 6.85.